The Morgan fingerprint density at radius 3 is 2.41 bits per heavy atom. The molecule has 0 aliphatic carbocycles. The molecule has 0 saturated carbocycles. The Morgan fingerprint density at radius 2 is 1.88 bits per heavy atom. The van der Waals surface area contributed by atoms with Gasteiger partial charge >= 0.3 is 5.97 Å². The summed E-state index contributed by atoms with van der Waals surface area (Å²) in [5, 5.41) is -0.513. The highest BCUT2D eigenvalue weighted by atomic mass is 32.2. The van der Waals surface area contributed by atoms with Crippen molar-refractivity contribution >= 4 is 15.8 Å². The van der Waals surface area contributed by atoms with Crippen LogP contribution in [0.15, 0.2) is 29.2 Å². The Hall–Kier alpha value is -1.36. The first-order chi connectivity index (χ1) is 7.89. The fourth-order valence-electron chi connectivity index (χ4n) is 1.41. The minimum atomic E-state index is -3.37. The average Bonchev–Trinajstić information content (AvgIpc) is 2.29. The normalized spacial score (nSPS) is 11.5. The average molecular weight is 256 g/mol. The molecule has 0 saturated heterocycles. The van der Waals surface area contributed by atoms with Crippen LogP contribution in [0.1, 0.15) is 19.4 Å². The molecular weight excluding hydrogens is 240 g/mol. The molecule has 0 radical (unpaired) electrons. The SMILES string of the molecule is COC(=O)Cc1ccccc1S(=O)(=O)C(C)C. The fraction of sp³-hybridized carbons (Fsp3) is 0.417. The van der Waals surface area contributed by atoms with Gasteiger partial charge in [0.15, 0.2) is 9.84 Å². The van der Waals surface area contributed by atoms with Crippen LogP contribution in [0.25, 0.3) is 0 Å². The fourth-order valence-corrected chi connectivity index (χ4v) is 2.69. The van der Waals surface area contributed by atoms with Crippen molar-refractivity contribution in [1.29, 1.82) is 0 Å². The van der Waals surface area contributed by atoms with Gasteiger partial charge in [0.25, 0.3) is 0 Å². The Balaban J connectivity index is 3.22. The molecule has 0 aliphatic heterocycles. The number of hydrogen-bond acceptors (Lipinski definition) is 4. The number of carbonyl (C=O) groups excluding carboxylic acids is 1. The summed E-state index contributed by atoms with van der Waals surface area (Å²) in [6, 6.07) is 6.51. The summed E-state index contributed by atoms with van der Waals surface area (Å²) < 4.78 is 28.7. The zero-order valence-electron chi connectivity index (χ0n) is 10.1. The van der Waals surface area contributed by atoms with Gasteiger partial charge in [-0.25, -0.2) is 8.42 Å². The number of benzene rings is 1. The maximum atomic E-state index is 12.1. The van der Waals surface area contributed by atoms with Gasteiger partial charge in [0.1, 0.15) is 0 Å². The molecule has 0 fully saturated rings. The number of ether oxygens (including phenoxy) is 1. The topological polar surface area (TPSA) is 60.4 Å². The standard InChI is InChI=1S/C12H16O4S/c1-9(2)17(14,15)11-7-5-4-6-10(11)8-12(13)16-3/h4-7,9H,8H2,1-3H3. The summed E-state index contributed by atoms with van der Waals surface area (Å²) in [6.07, 6.45) is -0.0291. The molecule has 0 aromatic heterocycles. The van der Waals surface area contributed by atoms with Crippen molar-refractivity contribution in [3.63, 3.8) is 0 Å². The van der Waals surface area contributed by atoms with E-state index in [0.717, 1.165) is 0 Å². The molecule has 0 spiro atoms. The van der Waals surface area contributed by atoms with Crippen LogP contribution in [0.4, 0.5) is 0 Å². The minimum Gasteiger partial charge on any atom is -0.469 e. The van der Waals surface area contributed by atoms with Gasteiger partial charge in [-0.3, -0.25) is 4.79 Å². The van der Waals surface area contributed by atoms with Gasteiger partial charge in [-0.1, -0.05) is 18.2 Å². The molecule has 0 atom stereocenters. The Bertz CT molecular complexity index is 503. The largest absolute Gasteiger partial charge is 0.469 e. The van der Waals surface area contributed by atoms with Gasteiger partial charge in [-0.15, -0.1) is 0 Å². The molecule has 0 amide bonds. The third-order valence-electron chi connectivity index (χ3n) is 2.46. The van der Waals surface area contributed by atoms with Gasteiger partial charge in [-0.05, 0) is 25.5 Å². The van der Waals surface area contributed by atoms with Crippen LogP contribution in [0, 0.1) is 0 Å². The van der Waals surface area contributed by atoms with E-state index in [0.29, 0.717) is 5.56 Å². The molecule has 0 unspecified atom stereocenters. The molecule has 94 valence electrons. The van der Waals surface area contributed by atoms with Crippen molar-refractivity contribution in [3.8, 4) is 0 Å². The number of esters is 1. The first-order valence-electron chi connectivity index (χ1n) is 5.28. The van der Waals surface area contributed by atoms with Crippen LogP contribution in [0.5, 0.6) is 0 Å². The molecule has 1 aromatic carbocycles. The monoisotopic (exact) mass is 256 g/mol. The highest BCUT2D eigenvalue weighted by Crippen LogP contribution is 2.21. The lowest BCUT2D eigenvalue weighted by atomic mass is 10.1. The van der Waals surface area contributed by atoms with E-state index >= 15 is 0 Å². The second kappa shape index (κ2) is 5.31. The molecule has 0 bridgehead atoms. The summed E-state index contributed by atoms with van der Waals surface area (Å²) in [5.41, 5.74) is 0.480. The van der Waals surface area contributed by atoms with Crippen LogP contribution < -0.4 is 0 Å². The Morgan fingerprint density at radius 1 is 1.29 bits per heavy atom. The summed E-state index contributed by atoms with van der Waals surface area (Å²) in [5.74, 6) is -0.448. The van der Waals surface area contributed by atoms with E-state index in [4.69, 9.17) is 0 Å². The van der Waals surface area contributed by atoms with Crippen LogP contribution in [0.3, 0.4) is 0 Å². The quantitative estimate of drug-likeness (QED) is 0.767. The number of carbonyl (C=O) groups is 1. The van der Waals surface area contributed by atoms with Crippen molar-refractivity contribution in [2.75, 3.05) is 7.11 Å². The highest BCUT2D eigenvalue weighted by Gasteiger charge is 2.23. The molecule has 4 nitrogen and oxygen atoms in total. The van der Waals surface area contributed by atoms with E-state index in [-0.39, 0.29) is 11.3 Å². The maximum absolute atomic E-state index is 12.1. The van der Waals surface area contributed by atoms with Gasteiger partial charge in [-0.2, -0.15) is 0 Å². The lowest BCUT2D eigenvalue weighted by Gasteiger charge is -2.12. The van der Waals surface area contributed by atoms with E-state index in [1.54, 1.807) is 32.0 Å². The molecule has 0 N–H and O–H groups in total. The van der Waals surface area contributed by atoms with Crippen molar-refractivity contribution in [2.45, 2.75) is 30.4 Å². The van der Waals surface area contributed by atoms with E-state index < -0.39 is 21.1 Å². The lowest BCUT2D eigenvalue weighted by molar-refractivity contribution is -0.139. The molecular formula is C12H16O4S. The summed E-state index contributed by atoms with van der Waals surface area (Å²) >= 11 is 0. The van der Waals surface area contributed by atoms with Crippen LogP contribution >= 0.6 is 0 Å². The summed E-state index contributed by atoms with van der Waals surface area (Å²) in [7, 11) is -2.09. The van der Waals surface area contributed by atoms with Gasteiger partial charge < -0.3 is 4.74 Å². The lowest BCUT2D eigenvalue weighted by Crippen LogP contribution is -2.17. The predicted molar refractivity (Wildman–Crippen MR) is 64.5 cm³/mol. The second-order valence-electron chi connectivity index (χ2n) is 3.95. The van der Waals surface area contributed by atoms with Crippen molar-refractivity contribution in [2.24, 2.45) is 0 Å². The number of hydrogen-bond donors (Lipinski definition) is 0. The van der Waals surface area contributed by atoms with E-state index in [1.807, 2.05) is 0 Å². The molecule has 1 aromatic rings. The van der Waals surface area contributed by atoms with E-state index in [9.17, 15) is 13.2 Å². The smallest absolute Gasteiger partial charge is 0.310 e. The molecule has 0 heterocycles. The summed E-state index contributed by atoms with van der Waals surface area (Å²) in [4.78, 5) is 11.4. The number of rotatable bonds is 4. The predicted octanol–water partition coefficient (Wildman–Crippen LogP) is 1.58. The zero-order valence-corrected chi connectivity index (χ0v) is 11.0. The molecule has 17 heavy (non-hydrogen) atoms. The maximum Gasteiger partial charge on any atom is 0.310 e. The van der Waals surface area contributed by atoms with Gasteiger partial charge in [0, 0.05) is 0 Å². The first kappa shape index (κ1) is 13.7. The Labute approximate surface area is 102 Å². The first-order valence-corrected chi connectivity index (χ1v) is 6.83. The van der Waals surface area contributed by atoms with Gasteiger partial charge in [0.05, 0.1) is 23.7 Å². The number of methoxy groups -OCH3 is 1. The molecule has 1 rings (SSSR count). The van der Waals surface area contributed by atoms with Gasteiger partial charge in [0.2, 0.25) is 0 Å². The van der Waals surface area contributed by atoms with Crippen LogP contribution in [-0.4, -0.2) is 26.7 Å². The van der Waals surface area contributed by atoms with E-state index in [2.05, 4.69) is 4.74 Å². The number of sulfone groups is 1. The molecule has 0 aliphatic rings. The second-order valence-corrected chi connectivity index (χ2v) is 6.43. The van der Waals surface area contributed by atoms with Crippen molar-refractivity contribution in [1.82, 2.24) is 0 Å². The summed E-state index contributed by atoms with van der Waals surface area (Å²) in [6.45, 7) is 3.23. The third kappa shape index (κ3) is 3.06. The molecule has 5 heteroatoms. The zero-order chi connectivity index (χ0) is 13.1. The van der Waals surface area contributed by atoms with Crippen LogP contribution in [-0.2, 0) is 25.8 Å². The van der Waals surface area contributed by atoms with E-state index in [1.165, 1.54) is 13.2 Å². The van der Waals surface area contributed by atoms with Crippen molar-refractivity contribution in [3.05, 3.63) is 29.8 Å². The Kier molecular flexibility index (Phi) is 4.28. The van der Waals surface area contributed by atoms with Crippen molar-refractivity contribution < 1.29 is 17.9 Å². The van der Waals surface area contributed by atoms with Crippen LogP contribution in [0.2, 0.25) is 0 Å². The highest BCUT2D eigenvalue weighted by molar-refractivity contribution is 7.92. The third-order valence-corrected chi connectivity index (χ3v) is 4.71. The minimum absolute atomic E-state index is 0.0291.